The third kappa shape index (κ3) is 2.68. The zero-order valence-electron chi connectivity index (χ0n) is 9.81. The second-order valence-electron chi connectivity index (χ2n) is 3.61. The van der Waals surface area contributed by atoms with Crippen LogP contribution >= 0.6 is 11.6 Å². The van der Waals surface area contributed by atoms with Gasteiger partial charge in [-0.2, -0.15) is 10.3 Å². The van der Waals surface area contributed by atoms with Crippen LogP contribution in [-0.4, -0.2) is 28.0 Å². The molecule has 0 unspecified atom stereocenters. The minimum Gasteiger partial charge on any atom is -0.461 e. The van der Waals surface area contributed by atoms with E-state index in [1.807, 2.05) is 18.2 Å². The van der Waals surface area contributed by atoms with Gasteiger partial charge in [0.25, 0.3) is 0 Å². The van der Waals surface area contributed by atoms with Crippen LogP contribution < -0.4 is 0 Å². The van der Waals surface area contributed by atoms with Gasteiger partial charge in [-0.1, -0.05) is 29.8 Å². The number of ether oxygens (including phenoxy) is 1. The Kier molecular flexibility index (Phi) is 3.94. The second kappa shape index (κ2) is 5.64. The molecule has 0 radical (unpaired) electrons. The molecule has 1 heterocycles. The highest BCUT2D eigenvalue weighted by atomic mass is 35.5. The van der Waals surface area contributed by atoms with E-state index in [0.717, 1.165) is 5.56 Å². The molecule has 0 fully saturated rings. The van der Waals surface area contributed by atoms with Crippen LogP contribution in [0.3, 0.4) is 0 Å². The van der Waals surface area contributed by atoms with Gasteiger partial charge in [0.05, 0.1) is 6.61 Å². The van der Waals surface area contributed by atoms with Crippen molar-refractivity contribution in [1.82, 2.24) is 15.4 Å². The van der Waals surface area contributed by atoms with Gasteiger partial charge in [0.15, 0.2) is 5.69 Å². The van der Waals surface area contributed by atoms with Crippen molar-refractivity contribution >= 4 is 17.6 Å². The van der Waals surface area contributed by atoms with Crippen molar-refractivity contribution < 1.29 is 9.53 Å². The van der Waals surface area contributed by atoms with Gasteiger partial charge in [0.1, 0.15) is 5.69 Å². The lowest BCUT2D eigenvalue weighted by molar-refractivity contribution is 0.0518. The normalized spacial score (nSPS) is 10.3. The zero-order chi connectivity index (χ0) is 13.0. The summed E-state index contributed by atoms with van der Waals surface area (Å²) in [5, 5.41) is 10.8. The largest absolute Gasteiger partial charge is 0.461 e. The summed E-state index contributed by atoms with van der Waals surface area (Å²) < 4.78 is 4.90. The highest BCUT2D eigenvalue weighted by Gasteiger charge is 2.18. The van der Waals surface area contributed by atoms with Gasteiger partial charge >= 0.3 is 5.97 Å². The maximum atomic E-state index is 11.6. The Morgan fingerprint density at radius 2 is 2.17 bits per heavy atom. The van der Waals surface area contributed by atoms with Crippen LogP contribution in [0.25, 0.3) is 0 Å². The molecule has 5 nitrogen and oxygen atoms in total. The fourth-order valence-electron chi connectivity index (χ4n) is 1.56. The van der Waals surface area contributed by atoms with Gasteiger partial charge in [-0.05, 0) is 18.6 Å². The van der Waals surface area contributed by atoms with E-state index in [4.69, 9.17) is 16.3 Å². The van der Waals surface area contributed by atoms with Crippen LogP contribution in [0.1, 0.15) is 28.7 Å². The van der Waals surface area contributed by atoms with Gasteiger partial charge in [-0.15, -0.1) is 5.10 Å². The molecule has 0 amide bonds. The van der Waals surface area contributed by atoms with Crippen molar-refractivity contribution in [3.05, 3.63) is 46.2 Å². The fourth-order valence-corrected chi connectivity index (χ4v) is 1.76. The Balaban J connectivity index is 2.23. The van der Waals surface area contributed by atoms with Crippen LogP contribution in [0, 0.1) is 0 Å². The first-order chi connectivity index (χ1) is 8.72. The summed E-state index contributed by atoms with van der Waals surface area (Å²) in [6.45, 7) is 2.04. The Bertz CT molecular complexity index is 554. The predicted octanol–water partition coefficient (Wildman–Crippen LogP) is 2.23. The number of H-pyrrole nitrogens is 1. The number of aromatic amines is 1. The number of nitrogens with zero attached hydrogens (tertiary/aromatic N) is 2. The van der Waals surface area contributed by atoms with Crippen LogP contribution in [0.4, 0.5) is 0 Å². The molecule has 1 aromatic carbocycles. The number of esters is 1. The molecule has 0 aliphatic heterocycles. The number of carbonyl (C=O) groups is 1. The highest BCUT2D eigenvalue weighted by Crippen LogP contribution is 2.19. The van der Waals surface area contributed by atoms with Gasteiger partial charge in [-0.3, -0.25) is 0 Å². The Morgan fingerprint density at radius 1 is 1.39 bits per heavy atom. The number of nitrogens with one attached hydrogen (secondary N) is 1. The van der Waals surface area contributed by atoms with Crippen molar-refractivity contribution in [2.24, 2.45) is 0 Å². The van der Waals surface area contributed by atoms with Gasteiger partial charge in [-0.25, -0.2) is 4.79 Å². The van der Waals surface area contributed by atoms with E-state index in [0.29, 0.717) is 23.7 Å². The maximum absolute atomic E-state index is 11.6. The lowest BCUT2D eigenvalue weighted by atomic mass is 10.1. The molecule has 18 heavy (non-hydrogen) atoms. The van der Waals surface area contributed by atoms with Crippen LogP contribution in [0.15, 0.2) is 24.3 Å². The summed E-state index contributed by atoms with van der Waals surface area (Å²) >= 11 is 6.06. The summed E-state index contributed by atoms with van der Waals surface area (Å²) in [6, 6.07) is 7.40. The summed E-state index contributed by atoms with van der Waals surface area (Å²) in [6.07, 6.45) is 0.435. The first-order valence-electron chi connectivity index (χ1n) is 5.52. The average Bonchev–Trinajstić information content (AvgIpc) is 2.81. The number of halogens is 1. The molecule has 0 atom stereocenters. The van der Waals surface area contributed by atoms with E-state index in [1.165, 1.54) is 0 Å². The Hall–Kier alpha value is -1.88. The second-order valence-corrected chi connectivity index (χ2v) is 4.01. The Labute approximate surface area is 109 Å². The topological polar surface area (TPSA) is 67.9 Å². The van der Waals surface area contributed by atoms with Gasteiger partial charge < -0.3 is 4.74 Å². The molecule has 1 aromatic heterocycles. The summed E-state index contributed by atoms with van der Waals surface area (Å²) in [4.78, 5) is 11.6. The lowest BCUT2D eigenvalue weighted by Gasteiger charge is -2.03. The molecule has 0 bridgehead atoms. The summed E-state index contributed by atoms with van der Waals surface area (Å²) in [5.74, 6) is -0.478. The molecule has 1 N–H and O–H groups in total. The fraction of sp³-hybridized carbons (Fsp3) is 0.250. The van der Waals surface area contributed by atoms with Crippen molar-refractivity contribution in [3.8, 4) is 0 Å². The van der Waals surface area contributed by atoms with Gasteiger partial charge in [0, 0.05) is 11.4 Å². The third-order valence-corrected chi connectivity index (χ3v) is 2.77. The third-order valence-electron chi connectivity index (χ3n) is 2.40. The summed E-state index contributed by atoms with van der Waals surface area (Å²) in [5.41, 5.74) is 1.62. The van der Waals surface area contributed by atoms with Gasteiger partial charge in [0.2, 0.25) is 0 Å². The van der Waals surface area contributed by atoms with E-state index < -0.39 is 5.97 Å². The highest BCUT2D eigenvalue weighted by molar-refractivity contribution is 6.31. The van der Waals surface area contributed by atoms with Crippen molar-refractivity contribution in [2.75, 3.05) is 6.61 Å². The quantitative estimate of drug-likeness (QED) is 0.861. The van der Waals surface area contributed by atoms with Crippen LogP contribution in [0.5, 0.6) is 0 Å². The Morgan fingerprint density at radius 3 is 2.89 bits per heavy atom. The van der Waals surface area contributed by atoms with E-state index in [1.54, 1.807) is 13.0 Å². The standard InChI is InChI=1S/C12H12ClN3O2/c1-2-18-12(17)11-10(14-16-15-11)7-8-5-3-4-6-9(8)13/h3-6H,2,7H2,1H3,(H,14,15,16). The molecule has 0 aliphatic carbocycles. The van der Waals surface area contributed by atoms with E-state index in [-0.39, 0.29) is 5.69 Å². The lowest BCUT2D eigenvalue weighted by Crippen LogP contribution is -2.08. The smallest absolute Gasteiger partial charge is 0.360 e. The monoisotopic (exact) mass is 265 g/mol. The molecule has 0 saturated heterocycles. The minimum absolute atomic E-state index is 0.205. The van der Waals surface area contributed by atoms with Crippen LogP contribution in [0.2, 0.25) is 5.02 Å². The number of hydrogen-bond acceptors (Lipinski definition) is 4. The predicted molar refractivity (Wildman–Crippen MR) is 66.6 cm³/mol. The van der Waals surface area contributed by atoms with Crippen LogP contribution in [-0.2, 0) is 11.2 Å². The molecule has 0 saturated carbocycles. The summed E-state index contributed by atoms with van der Waals surface area (Å²) in [7, 11) is 0. The van der Waals surface area contributed by atoms with Crippen molar-refractivity contribution in [3.63, 3.8) is 0 Å². The van der Waals surface area contributed by atoms with E-state index in [9.17, 15) is 4.79 Å². The zero-order valence-corrected chi connectivity index (χ0v) is 10.6. The van der Waals surface area contributed by atoms with Crippen molar-refractivity contribution in [1.29, 1.82) is 0 Å². The number of hydrogen-bond donors (Lipinski definition) is 1. The number of rotatable bonds is 4. The SMILES string of the molecule is CCOC(=O)c1n[nH]nc1Cc1ccccc1Cl. The first kappa shape index (κ1) is 12.6. The first-order valence-corrected chi connectivity index (χ1v) is 5.90. The average molecular weight is 266 g/mol. The van der Waals surface area contributed by atoms with E-state index in [2.05, 4.69) is 15.4 Å². The molecule has 2 rings (SSSR count). The molecular formula is C12H12ClN3O2. The number of benzene rings is 1. The maximum Gasteiger partial charge on any atom is 0.360 e. The minimum atomic E-state index is -0.478. The van der Waals surface area contributed by atoms with Crippen molar-refractivity contribution in [2.45, 2.75) is 13.3 Å². The number of carbonyl (C=O) groups excluding carboxylic acids is 1. The molecule has 2 aromatic rings. The van der Waals surface area contributed by atoms with E-state index >= 15 is 0 Å². The molecule has 6 heteroatoms. The molecule has 94 valence electrons. The molecular weight excluding hydrogens is 254 g/mol. The molecule has 0 aliphatic rings. The molecule has 0 spiro atoms. The number of aromatic nitrogens is 3.